The second-order valence-corrected chi connectivity index (χ2v) is 9.49. The van der Waals surface area contributed by atoms with Crippen molar-refractivity contribution in [1.29, 1.82) is 5.26 Å². The molecule has 1 aromatic rings. The number of nitrogens with zero attached hydrogens (tertiary/aromatic N) is 5. The lowest BCUT2D eigenvalue weighted by molar-refractivity contribution is -0.135. The molecule has 1 saturated heterocycles. The van der Waals surface area contributed by atoms with Crippen LogP contribution in [0.3, 0.4) is 0 Å². The smallest absolute Gasteiger partial charge is 0.226 e. The van der Waals surface area contributed by atoms with Crippen molar-refractivity contribution >= 4 is 23.6 Å². The Balaban J connectivity index is 0.000000601. The second-order valence-electron chi connectivity index (χ2n) is 9.49. The Labute approximate surface area is 196 Å². The van der Waals surface area contributed by atoms with Gasteiger partial charge < -0.3 is 9.80 Å². The molecule has 1 amide bonds. The fourth-order valence-electron chi connectivity index (χ4n) is 4.69. The van der Waals surface area contributed by atoms with Gasteiger partial charge in [0.05, 0.1) is 11.3 Å². The van der Waals surface area contributed by atoms with Gasteiger partial charge in [-0.1, -0.05) is 6.08 Å². The average Bonchev–Trinajstić information content (AvgIpc) is 3.76. The van der Waals surface area contributed by atoms with Crippen LogP contribution in [0.5, 0.6) is 0 Å². The number of rotatable bonds is 4. The normalized spacial score (nSPS) is 22.5. The quantitative estimate of drug-likeness (QED) is 0.523. The summed E-state index contributed by atoms with van der Waals surface area (Å²) in [5.41, 5.74) is 4.31. The number of hydrogen-bond acceptors (Lipinski definition) is 6. The number of terminal acetylenes is 1. The monoisotopic (exact) mass is 445 g/mol. The van der Waals surface area contributed by atoms with E-state index in [4.69, 9.17) is 9.78 Å². The van der Waals surface area contributed by atoms with Crippen molar-refractivity contribution in [2.45, 2.75) is 44.6 Å². The van der Waals surface area contributed by atoms with Crippen LogP contribution >= 0.6 is 0 Å². The van der Waals surface area contributed by atoms with Crippen molar-refractivity contribution in [1.82, 2.24) is 14.8 Å². The first-order valence-corrected chi connectivity index (χ1v) is 11.7. The van der Waals surface area contributed by atoms with Crippen LogP contribution in [0, 0.1) is 29.6 Å². The second kappa shape index (κ2) is 9.77. The van der Waals surface area contributed by atoms with Gasteiger partial charge in [0.2, 0.25) is 5.91 Å². The lowest BCUT2D eigenvalue weighted by Gasteiger charge is -2.41. The molecule has 2 aliphatic heterocycles. The molecule has 2 saturated carbocycles. The molecule has 5 rings (SSSR count). The van der Waals surface area contributed by atoms with Crippen LogP contribution in [0.4, 0.5) is 5.82 Å². The number of likely N-dealkylation sites (N-methyl/N-ethyl adjacent to an activating group) is 1. The largest absolute Gasteiger partial charge is 0.352 e. The summed E-state index contributed by atoms with van der Waals surface area (Å²) in [5, 5.41) is 9.89. The molecule has 33 heavy (non-hydrogen) atoms. The molecule has 0 spiro atoms. The third-order valence-corrected chi connectivity index (χ3v) is 6.76. The Hall–Kier alpha value is -3.16. The molecule has 3 heterocycles. The maximum absolute atomic E-state index is 12.5. The molecule has 0 N–H and O–H groups in total. The van der Waals surface area contributed by atoms with Gasteiger partial charge >= 0.3 is 0 Å². The number of nitriles is 1. The van der Waals surface area contributed by atoms with Crippen LogP contribution in [0.2, 0.25) is 0 Å². The van der Waals surface area contributed by atoms with Gasteiger partial charge in [-0.25, -0.2) is 4.98 Å². The fourth-order valence-corrected chi connectivity index (χ4v) is 4.69. The van der Waals surface area contributed by atoms with Crippen LogP contribution < -0.4 is 4.90 Å². The van der Waals surface area contributed by atoms with Gasteiger partial charge in [-0.05, 0) is 57.2 Å². The van der Waals surface area contributed by atoms with E-state index in [1.165, 1.54) is 29.7 Å². The summed E-state index contributed by atoms with van der Waals surface area (Å²) < 4.78 is 0. The summed E-state index contributed by atoms with van der Waals surface area (Å²) in [6, 6.07) is 4.64. The highest BCUT2D eigenvalue weighted by atomic mass is 16.2. The van der Waals surface area contributed by atoms with Crippen molar-refractivity contribution in [2.24, 2.45) is 5.92 Å². The molecule has 0 aromatic carbocycles. The Morgan fingerprint density at radius 1 is 1.27 bits per heavy atom. The summed E-state index contributed by atoms with van der Waals surface area (Å²) in [4.78, 5) is 33.1. The molecule has 7 heteroatoms. The summed E-state index contributed by atoms with van der Waals surface area (Å²) in [6.07, 6.45) is 11.6. The van der Waals surface area contributed by atoms with E-state index in [-0.39, 0.29) is 12.0 Å². The molecule has 7 nitrogen and oxygen atoms in total. The summed E-state index contributed by atoms with van der Waals surface area (Å²) in [6.45, 7) is 6.21. The van der Waals surface area contributed by atoms with Crippen LogP contribution in [-0.4, -0.2) is 72.8 Å². The van der Waals surface area contributed by atoms with Gasteiger partial charge in [-0.3, -0.25) is 14.5 Å². The number of carbonyl (C=O) groups excluding carboxylic acids is 2. The first-order valence-electron chi connectivity index (χ1n) is 11.7. The molecule has 1 unspecified atom stereocenters. The summed E-state index contributed by atoms with van der Waals surface area (Å²) >= 11 is 0. The minimum Gasteiger partial charge on any atom is -0.352 e. The third-order valence-electron chi connectivity index (χ3n) is 6.76. The van der Waals surface area contributed by atoms with E-state index in [2.05, 4.69) is 48.4 Å². The van der Waals surface area contributed by atoms with Gasteiger partial charge in [0.15, 0.2) is 6.29 Å². The number of pyridine rings is 1. The number of piperazine rings is 1. The minimum absolute atomic E-state index is 0.153. The number of carbonyl (C=O) groups is 2. The van der Waals surface area contributed by atoms with Crippen LogP contribution in [-0.2, 0) is 9.59 Å². The molecule has 4 aliphatic rings. The Bertz CT molecular complexity index is 1040. The zero-order valence-corrected chi connectivity index (χ0v) is 19.5. The Morgan fingerprint density at radius 2 is 2.00 bits per heavy atom. The molecule has 3 fully saturated rings. The van der Waals surface area contributed by atoms with E-state index in [1.807, 2.05) is 4.90 Å². The van der Waals surface area contributed by atoms with Gasteiger partial charge in [-0.2, -0.15) is 5.26 Å². The first-order chi connectivity index (χ1) is 16.0. The first kappa shape index (κ1) is 23.0. The van der Waals surface area contributed by atoms with Crippen molar-refractivity contribution in [3.8, 4) is 18.4 Å². The lowest BCUT2D eigenvalue weighted by Crippen LogP contribution is -2.55. The minimum atomic E-state index is 0.153. The molecule has 2 aliphatic carbocycles. The number of anilines is 1. The molecule has 0 radical (unpaired) electrons. The van der Waals surface area contributed by atoms with Crippen molar-refractivity contribution in [2.75, 3.05) is 44.7 Å². The van der Waals surface area contributed by atoms with Gasteiger partial charge in [0, 0.05) is 56.2 Å². The highest BCUT2D eigenvalue weighted by Gasteiger charge is 2.38. The maximum atomic E-state index is 12.5. The third kappa shape index (κ3) is 5.10. The molecule has 1 aromatic heterocycles. The standard InChI is InChI=1S/C23H29N5O.C3H2O/c1-15-13-27(9-10-28(15)23(29)17-5-6-17)22-19(12-24)11-20(18-7-8-26(2)14-18)21(25-22)16-3-4-16;1-2-3-4/h7,11,15-17H,3-6,8-10,13-14H2,1-2H3;1,3H. The summed E-state index contributed by atoms with van der Waals surface area (Å²) in [7, 11) is 2.12. The predicted molar refractivity (Wildman–Crippen MR) is 127 cm³/mol. The molecule has 172 valence electrons. The van der Waals surface area contributed by atoms with E-state index in [0.29, 0.717) is 23.7 Å². The zero-order valence-electron chi connectivity index (χ0n) is 19.5. The highest BCUT2D eigenvalue weighted by molar-refractivity contribution is 5.82. The van der Waals surface area contributed by atoms with Crippen LogP contribution in [0.25, 0.3) is 5.57 Å². The van der Waals surface area contributed by atoms with Gasteiger partial charge in [0.25, 0.3) is 0 Å². The van der Waals surface area contributed by atoms with Crippen molar-refractivity contribution in [3.05, 3.63) is 29.0 Å². The number of amides is 1. The maximum Gasteiger partial charge on any atom is 0.226 e. The van der Waals surface area contributed by atoms with Crippen molar-refractivity contribution in [3.63, 3.8) is 0 Å². The SMILES string of the molecule is C#CC=O.CC1CN(c2nc(C3CC3)c(C3=CCN(C)C3)cc2C#N)CCN1C(=O)C1CC1. The van der Waals surface area contributed by atoms with Crippen LogP contribution in [0.15, 0.2) is 12.1 Å². The van der Waals surface area contributed by atoms with Crippen LogP contribution in [0.1, 0.15) is 55.3 Å². The highest BCUT2D eigenvalue weighted by Crippen LogP contribution is 2.44. The lowest BCUT2D eigenvalue weighted by atomic mass is 9.99. The molecule has 1 atom stereocenters. The Kier molecular flexibility index (Phi) is 6.81. The molecular weight excluding hydrogens is 414 g/mol. The van der Waals surface area contributed by atoms with E-state index in [0.717, 1.165) is 51.4 Å². The number of aldehydes is 1. The number of aromatic nitrogens is 1. The summed E-state index contributed by atoms with van der Waals surface area (Å²) in [5.74, 6) is 3.67. The van der Waals surface area contributed by atoms with Gasteiger partial charge in [-0.15, -0.1) is 6.42 Å². The Morgan fingerprint density at radius 3 is 2.52 bits per heavy atom. The molecular formula is C26H31N5O2. The van der Waals surface area contributed by atoms with E-state index in [1.54, 1.807) is 5.92 Å². The molecule has 0 bridgehead atoms. The van der Waals surface area contributed by atoms with E-state index in [9.17, 15) is 10.1 Å². The van der Waals surface area contributed by atoms with Crippen molar-refractivity contribution < 1.29 is 9.59 Å². The fraction of sp³-hybridized carbons (Fsp3) is 0.538. The number of hydrogen-bond donors (Lipinski definition) is 0. The van der Waals surface area contributed by atoms with E-state index >= 15 is 0 Å². The predicted octanol–water partition coefficient (Wildman–Crippen LogP) is 2.43. The zero-order chi connectivity index (χ0) is 23.5. The topological polar surface area (TPSA) is 80.5 Å². The average molecular weight is 446 g/mol. The van der Waals surface area contributed by atoms with E-state index < -0.39 is 0 Å². The van der Waals surface area contributed by atoms with Gasteiger partial charge in [0.1, 0.15) is 11.9 Å².